The summed E-state index contributed by atoms with van der Waals surface area (Å²) < 4.78 is 5.02. The van der Waals surface area contributed by atoms with Crippen LogP contribution in [-0.4, -0.2) is 7.11 Å². The minimum atomic E-state index is 0.549. The Kier molecular flexibility index (Phi) is 2.97. The molecule has 0 atom stereocenters. The maximum absolute atomic E-state index is 8.26. The number of hydrogen-bond donors (Lipinski definition) is 1. The third-order valence-corrected chi connectivity index (χ3v) is 1.51. The summed E-state index contributed by atoms with van der Waals surface area (Å²) in [6.07, 6.45) is 1.86. The minimum absolute atomic E-state index is 0.549. The highest BCUT2D eigenvalue weighted by Crippen LogP contribution is 2.11. The monoisotopic (exact) mass is 162 g/mol. The van der Waals surface area contributed by atoms with Gasteiger partial charge >= 0.3 is 0 Å². The van der Waals surface area contributed by atoms with Gasteiger partial charge in [0.15, 0.2) is 6.19 Å². The standard InChI is InChI=1S/C9H10N2O/c1-12-9-4-2-3-8(5-9)6-11-7-10/h2-5,11H,6H2,1H3. The Morgan fingerprint density at radius 3 is 3.08 bits per heavy atom. The summed E-state index contributed by atoms with van der Waals surface area (Å²) in [5.74, 6) is 0.812. The Labute approximate surface area is 71.6 Å². The van der Waals surface area contributed by atoms with Crippen LogP contribution < -0.4 is 10.1 Å². The van der Waals surface area contributed by atoms with Crippen LogP contribution in [0, 0.1) is 11.5 Å². The lowest BCUT2D eigenvalue weighted by molar-refractivity contribution is 0.414. The van der Waals surface area contributed by atoms with Crippen molar-refractivity contribution < 1.29 is 4.74 Å². The molecule has 0 aliphatic rings. The van der Waals surface area contributed by atoms with Crippen LogP contribution in [0.1, 0.15) is 5.56 Å². The van der Waals surface area contributed by atoms with Crippen molar-refractivity contribution in [2.75, 3.05) is 7.11 Å². The van der Waals surface area contributed by atoms with E-state index in [2.05, 4.69) is 5.32 Å². The van der Waals surface area contributed by atoms with E-state index in [1.165, 1.54) is 0 Å². The Morgan fingerprint density at radius 1 is 1.58 bits per heavy atom. The summed E-state index contributed by atoms with van der Waals surface area (Å²) in [5, 5.41) is 10.8. The number of nitriles is 1. The fourth-order valence-electron chi connectivity index (χ4n) is 0.924. The molecule has 0 amide bonds. The molecule has 0 aliphatic carbocycles. The van der Waals surface area contributed by atoms with Crippen LogP contribution in [0.5, 0.6) is 5.75 Å². The second kappa shape index (κ2) is 4.24. The zero-order chi connectivity index (χ0) is 8.81. The molecule has 0 bridgehead atoms. The van der Waals surface area contributed by atoms with Gasteiger partial charge in [-0.25, -0.2) is 0 Å². The Hall–Kier alpha value is -1.69. The van der Waals surface area contributed by atoms with Crippen molar-refractivity contribution in [1.29, 1.82) is 5.26 Å². The summed E-state index contributed by atoms with van der Waals surface area (Å²) in [6, 6.07) is 7.60. The molecule has 0 saturated heterocycles. The first-order chi connectivity index (χ1) is 5.86. The molecule has 0 aliphatic heterocycles. The van der Waals surface area contributed by atoms with Gasteiger partial charge in [-0.05, 0) is 17.7 Å². The molecule has 1 aromatic rings. The highest BCUT2D eigenvalue weighted by molar-refractivity contribution is 5.28. The zero-order valence-electron chi connectivity index (χ0n) is 6.87. The van der Waals surface area contributed by atoms with Crippen LogP contribution in [0.15, 0.2) is 24.3 Å². The quantitative estimate of drug-likeness (QED) is 0.537. The van der Waals surface area contributed by atoms with E-state index in [4.69, 9.17) is 10.00 Å². The highest BCUT2D eigenvalue weighted by Gasteiger charge is 1.93. The van der Waals surface area contributed by atoms with Gasteiger partial charge in [0.2, 0.25) is 0 Å². The fourth-order valence-corrected chi connectivity index (χ4v) is 0.924. The van der Waals surface area contributed by atoms with Crippen molar-refractivity contribution in [2.45, 2.75) is 6.54 Å². The maximum atomic E-state index is 8.26. The third kappa shape index (κ3) is 2.17. The minimum Gasteiger partial charge on any atom is -0.497 e. The van der Waals surface area contributed by atoms with Gasteiger partial charge in [-0.1, -0.05) is 12.1 Å². The molecular formula is C9H10N2O. The summed E-state index contributed by atoms with van der Waals surface area (Å²) in [6.45, 7) is 0.549. The van der Waals surface area contributed by atoms with E-state index in [9.17, 15) is 0 Å². The van der Waals surface area contributed by atoms with Crippen LogP contribution in [0.2, 0.25) is 0 Å². The van der Waals surface area contributed by atoms with Gasteiger partial charge < -0.3 is 10.1 Å². The largest absolute Gasteiger partial charge is 0.497 e. The van der Waals surface area contributed by atoms with Crippen molar-refractivity contribution in [3.05, 3.63) is 29.8 Å². The first kappa shape index (κ1) is 8.41. The molecule has 12 heavy (non-hydrogen) atoms. The first-order valence-corrected chi connectivity index (χ1v) is 3.61. The van der Waals surface area contributed by atoms with Crippen molar-refractivity contribution in [2.24, 2.45) is 0 Å². The molecule has 1 N–H and O–H groups in total. The van der Waals surface area contributed by atoms with Gasteiger partial charge in [0, 0.05) is 0 Å². The average molecular weight is 162 g/mol. The molecule has 0 radical (unpaired) electrons. The van der Waals surface area contributed by atoms with Crippen LogP contribution in [0.4, 0.5) is 0 Å². The number of nitrogens with zero attached hydrogens (tertiary/aromatic N) is 1. The SMILES string of the molecule is COc1cccc(CNC#N)c1. The topological polar surface area (TPSA) is 45.0 Å². The Balaban J connectivity index is 2.67. The Bertz CT molecular complexity index is 291. The molecule has 0 aromatic heterocycles. The smallest absolute Gasteiger partial charge is 0.176 e. The van der Waals surface area contributed by atoms with Crippen molar-refractivity contribution >= 4 is 0 Å². The molecule has 3 heteroatoms. The lowest BCUT2D eigenvalue weighted by Gasteiger charge is -2.02. The van der Waals surface area contributed by atoms with E-state index in [0.29, 0.717) is 6.54 Å². The van der Waals surface area contributed by atoms with Gasteiger partial charge in [0.05, 0.1) is 13.7 Å². The maximum Gasteiger partial charge on any atom is 0.176 e. The van der Waals surface area contributed by atoms with E-state index in [1.807, 2.05) is 30.5 Å². The summed E-state index contributed by atoms with van der Waals surface area (Å²) in [7, 11) is 1.62. The van der Waals surface area contributed by atoms with Gasteiger partial charge in [0.25, 0.3) is 0 Å². The summed E-state index contributed by atoms with van der Waals surface area (Å²) >= 11 is 0. The molecule has 3 nitrogen and oxygen atoms in total. The van der Waals surface area contributed by atoms with E-state index in [1.54, 1.807) is 7.11 Å². The molecule has 1 rings (SSSR count). The van der Waals surface area contributed by atoms with Crippen LogP contribution in [0.25, 0.3) is 0 Å². The van der Waals surface area contributed by atoms with Crippen LogP contribution in [-0.2, 0) is 6.54 Å². The predicted octanol–water partition coefficient (Wildman–Crippen LogP) is 1.27. The van der Waals surface area contributed by atoms with E-state index >= 15 is 0 Å². The van der Waals surface area contributed by atoms with E-state index in [0.717, 1.165) is 11.3 Å². The number of methoxy groups -OCH3 is 1. The third-order valence-electron chi connectivity index (χ3n) is 1.51. The highest BCUT2D eigenvalue weighted by atomic mass is 16.5. The lowest BCUT2D eigenvalue weighted by atomic mass is 10.2. The van der Waals surface area contributed by atoms with Crippen LogP contribution >= 0.6 is 0 Å². The second-order valence-electron chi connectivity index (χ2n) is 2.32. The van der Waals surface area contributed by atoms with E-state index < -0.39 is 0 Å². The number of benzene rings is 1. The molecule has 0 fully saturated rings. The summed E-state index contributed by atoms with van der Waals surface area (Å²) in [4.78, 5) is 0. The Morgan fingerprint density at radius 2 is 2.42 bits per heavy atom. The number of rotatable bonds is 3. The molecule has 1 aromatic carbocycles. The molecule has 0 saturated carbocycles. The normalized spacial score (nSPS) is 8.67. The second-order valence-corrected chi connectivity index (χ2v) is 2.32. The predicted molar refractivity (Wildman–Crippen MR) is 45.4 cm³/mol. The molecule has 0 unspecified atom stereocenters. The number of hydrogen-bond acceptors (Lipinski definition) is 3. The zero-order valence-corrected chi connectivity index (χ0v) is 6.87. The number of ether oxygens (including phenoxy) is 1. The molecular weight excluding hydrogens is 152 g/mol. The average Bonchev–Trinajstić information content (AvgIpc) is 2.15. The van der Waals surface area contributed by atoms with Crippen molar-refractivity contribution in [3.8, 4) is 11.9 Å². The van der Waals surface area contributed by atoms with Gasteiger partial charge in [0.1, 0.15) is 5.75 Å². The number of nitrogens with one attached hydrogen (secondary N) is 1. The van der Waals surface area contributed by atoms with E-state index in [-0.39, 0.29) is 0 Å². The molecule has 0 spiro atoms. The van der Waals surface area contributed by atoms with Gasteiger partial charge in [-0.2, -0.15) is 5.26 Å². The fraction of sp³-hybridized carbons (Fsp3) is 0.222. The summed E-state index contributed by atoms with van der Waals surface area (Å²) in [5.41, 5.74) is 1.04. The van der Waals surface area contributed by atoms with Crippen molar-refractivity contribution in [3.63, 3.8) is 0 Å². The molecule has 0 heterocycles. The van der Waals surface area contributed by atoms with Gasteiger partial charge in [-0.15, -0.1) is 0 Å². The van der Waals surface area contributed by atoms with Crippen molar-refractivity contribution in [1.82, 2.24) is 5.32 Å². The van der Waals surface area contributed by atoms with Gasteiger partial charge in [-0.3, -0.25) is 0 Å². The van der Waals surface area contributed by atoms with Crippen LogP contribution in [0.3, 0.4) is 0 Å². The first-order valence-electron chi connectivity index (χ1n) is 3.61. The molecule has 62 valence electrons. The lowest BCUT2D eigenvalue weighted by Crippen LogP contribution is -2.04.